The van der Waals surface area contributed by atoms with Gasteiger partial charge in [0, 0.05) is 143 Å². The quantitative estimate of drug-likeness (QED) is 0.00730. The lowest BCUT2D eigenvalue weighted by Gasteiger charge is -2.27. The Bertz CT molecular complexity index is 5030. The fourth-order valence-corrected chi connectivity index (χ4v) is 16.6. The number of amides is 6. The number of urea groups is 1. The highest BCUT2D eigenvalue weighted by Gasteiger charge is 2.46. The van der Waals surface area contributed by atoms with Crippen LogP contribution in [-0.4, -0.2) is 238 Å². The number of phenols is 2. The normalized spacial score (nSPS) is 14.2. The van der Waals surface area contributed by atoms with Crippen LogP contribution in [-0.2, 0) is 99.5 Å². The molecule has 0 aliphatic carbocycles. The van der Waals surface area contributed by atoms with E-state index < -0.39 is 84.0 Å². The van der Waals surface area contributed by atoms with Crippen molar-refractivity contribution in [1.82, 2.24) is 41.7 Å². The van der Waals surface area contributed by atoms with Crippen molar-refractivity contribution in [2.45, 2.75) is 186 Å². The molecule has 2 atom stereocenters. The molecule has 33 heteroatoms. The number of aryl methyl sites for hydroxylation is 2. The maximum Gasteiger partial charge on any atom is 0.326 e. The van der Waals surface area contributed by atoms with Crippen LogP contribution < -0.4 is 36.8 Å². The molecule has 6 aromatic carbocycles. The Balaban J connectivity index is 0.681. The standard InChI is InChI=1S/C93H122N10O22S/c1-92(2)78(27-8-5-9-28-79-93(3,4)88-71-25-15-13-23-67(71)36-39-75(88)103(79)50-20-21-57-126(121,122)123)102(74-38-35-66-22-12-14-24-70(66)87(74)92)49-19-7-11-30-81(107)96-47-53-124-55-56-125-54-48-97-83(109)43-34-65-32-41-77(105)69(59-65)61-101(63-86(114)115)52-51-100(62-85(112)113)60-68-58-64(31-40-76(68)104)33-42-82(108)95-45-17-6-10-29-80(106)94-46-18-16-26-72(89(116)117)98-91(120)99-73(90(118)119)37-44-84(110)111/h5,8-9,12-15,22-25,27-28,31-32,35-36,38-41,58-59,72-73H,6-7,10-11,16-21,26,29-30,33-34,37,42-57,60-63H2,1-4H3,(H13-,94,95,96,97,98,99,104,105,106,107,108,109,110,111,112,113,114,115,116,117,118,119,120,121,122,123)/p+1. The highest BCUT2D eigenvalue weighted by Crippen LogP contribution is 2.51. The van der Waals surface area contributed by atoms with Crippen molar-refractivity contribution in [1.29, 1.82) is 0 Å². The van der Waals surface area contributed by atoms with Crippen LogP contribution >= 0.6 is 0 Å². The lowest BCUT2D eigenvalue weighted by atomic mass is 9.79. The van der Waals surface area contributed by atoms with Crippen molar-refractivity contribution in [2.24, 2.45) is 0 Å². The number of hydrogen-bond acceptors (Lipinski definition) is 19. The number of allylic oxidation sites excluding steroid dienone is 6. The van der Waals surface area contributed by atoms with E-state index in [-0.39, 0.29) is 136 Å². The molecule has 2 heterocycles. The third-order valence-electron chi connectivity index (χ3n) is 22.4. The van der Waals surface area contributed by atoms with Crippen molar-refractivity contribution >= 4 is 108 Å². The summed E-state index contributed by atoms with van der Waals surface area (Å²) >= 11 is 0. The van der Waals surface area contributed by atoms with Crippen molar-refractivity contribution in [3.8, 4) is 11.5 Å². The molecule has 6 amide bonds. The van der Waals surface area contributed by atoms with E-state index in [0.29, 0.717) is 119 Å². The fraction of sp³-hybridized carbons (Fsp3) is 0.473. The van der Waals surface area contributed by atoms with Crippen molar-refractivity contribution in [3.63, 3.8) is 0 Å². The first-order valence-corrected chi connectivity index (χ1v) is 44.7. The Hall–Kier alpha value is -11.6. The van der Waals surface area contributed by atoms with Gasteiger partial charge in [-0.25, -0.2) is 14.4 Å². The van der Waals surface area contributed by atoms with E-state index >= 15 is 0 Å². The fourth-order valence-electron chi connectivity index (χ4n) is 16.0. The number of carboxylic acid groups (broad SMARTS) is 5. The number of carbonyl (C=O) groups is 10. The molecule has 8 rings (SSSR count). The third kappa shape index (κ3) is 32.1. The first-order chi connectivity index (χ1) is 60.2. The van der Waals surface area contributed by atoms with Crippen LogP contribution in [0.25, 0.3) is 21.5 Å². The smallest absolute Gasteiger partial charge is 0.326 e. The minimum absolute atomic E-state index is 0.0192. The molecule has 0 aromatic heterocycles. The molecule has 126 heavy (non-hydrogen) atoms. The van der Waals surface area contributed by atoms with Gasteiger partial charge in [0.05, 0.1) is 50.7 Å². The predicted octanol–water partition coefficient (Wildman–Crippen LogP) is 10.1. The predicted molar refractivity (Wildman–Crippen MR) is 478 cm³/mol. The van der Waals surface area contributed by atoms with Gasteiger partial charge in [-0.2, -0.15) is 13.0 Å². The summed E-state index contributed by atoms with van der Waals surface area (Å²) in [6, 6.07) is 31.2. The lowest BCUT2D eigenvalue weighted by Crippen LogP contribution is -2.51. The van der Waals surface area contributed by atoms with Gasteiger partial charge in [-0.05, 0) is 153 Å². The average Bonchev–Trinajstić information content (AvgIpc) is 1.58. The van der Waals surface area contributed by atoms with E-state index in [1.807, 2.05) is 6.07 Å². The van der Waals surface area contributed by atoms with Crippen LogP contribution in [0.2, 0.25) is 0 Å². The summed E-state index contributed by atoms with van der Waals surface area (Å²) in [6.45, 7) is 11.7. The van der Waals surface area contributed by atoms with Gasteiger partial charge in [0.1, 0.15) is 30.1 Å². The molecular weight excluding hydrogens is 1640 g/mol. The molecule has 14 N–H and O–H groups in total. The number of fused-ring (bicyclic) bond motifs is 6. The van der Waals surface area contributed by atoms with E-state index in [0.717, 1.165) is 36.2 Å². The Labute approximate surface area is 735 Å². The summed E-state index contributed by atoms with van der Waals surface area (Å²) in [5.74, 6) is -7.67. The first-order valence-electron chi connectivity index (χ1n) is 43.1. The number of aromatic hydroxyl groups is 2. The SMILES string of the molecule is CC1(C)C(/C=C/C=C/C=C2/N(CCCCCC(=O)NCCOCCOCCNC(=O)CCc3ccc(O)c(CN(CCN(CC(=O)O)Cc4cc(CCC(=O)NCCCCCC(=O)NCCCCC(NC(=O)NC(CCC(=O)O)C(=O)O)C(=O)O)ccc4O)CC(=O)O)c3)c3ccc4ccccc4c3C2(C)C)=[N+](CCCCS(=O)(=O)O)c2ccc3ccccc3c21. The highest BCUT2D eigenvalue weighted by molar-refractivity contribution is 7.85. The van der Waals surface area contributed by atoms with Crippen molar-refractivity contribution in [2.75, 3.05) is 103 Å². The number of carboxylic acids is 5. The van der Waals surface area contributed by atoms with Gasteiger partial charge in [-0.1, -0.05) is 124 Å². The minimum atomic E-state index is -4.07. The summed E-state index contributed by atoms with van der Waals surface area (Å²) in [7, 11) is -4.07. The van der Waals surface area contributed by atoms with E-state index in [2.05, 4.69) is 166 Å². The monoisotopic (exact) mass is 1760 g/mol. The number of anilines is 1. The summed E-state index contributed by atoms with van der Waals surface area (Å²) in [6.07, 6.45) is 16.8. The van der Waals surface area contributed by atoms with Gasteiger partial charge >= 0.3 is 35.9 Å². The van der Waals surface area contributed by atoms with Gasteiger partial charge in [-0.15, -0.1) is 0 Å². The molecule has 6 aromatic rings. The maximum atomic E-state index is 13.0. The molecule has 682 valence electrons. The van der Waals surface area contributed by atoms with Gasteiger partial charge in [0.25, 0.3) is 10.1 Å². The van der Waals surface area contributed by atoms with Crippen molar-refractivity contribution < 1.29 is 111 Å². The number of unbranched alkanes of at least 4 members (excludes halogenated alkanes) is 6. The largest absolute Gasteiger partial charge is 0.508 e. The van der Waals surface area contributed by atoms with Crippen LogP contribution in [0, 0.1) is 0 Å². The number of ether oxygens (including phenoxy) is 2. The average molecular weight is 1770 g/mol. The van der Waals surface area contributed by atoms with Crippen LogP contribution in [0.5, 0.6) is 11.5 Å². The highest BCUT2D eigenvalue weighted by atomic mass is 32.2. The van der Waals surface area contributed by atoms with Crippen LogP contribution in [0.4, 0.5) is 16.2 Å². The number of rotatable bonds is 58. The molecule has 2 unspecified atom stereocenters. The Kier molecular flexibility index (Phi) is 39.5. The zero-order chi connectivity index (χ0) is 91.4. The molecule has 0 fully saturated rings. The summed E-state index contributed by atoms with van der Waals surface area (Å²) in [5.41, 5.74) is 8.54. The molecule has 0 saturated carbocycles. The summed E-state index contributed by atoms with van der Waals surface area (Å²) < 4.78 is 46.3. The molecule has 2 aliphatic heterocycles. The summed E-state index contributed by atoms with van der Waals surface area (Å²) in [4.78, 5) is 127. The third-order valence-corrected chi connectivity index (χ3v) is 23.2. The van der Waals surface area contributed by atoms with Gasteiger partial charge in [-0.3, -0.25) is 47.9 Å². The van der Waals surface area contributed by atoms with Crippen LogP contribution in [0.15, 0.2) is 145 Å². The van der Waals surface area contributed by atoms with E-state index in [9.17, 15) is 91.6 Å². The number of aliphatic carboxylic acids is 5. The van der Waals surface area contributed by atoms with E-state index in [1.165, 1.54) is 60.6 Å². The minimum Gasteiger partial charge on any atom is -0.508 e. The topological polar surface area (TPSA) is 470 Å². The lowest BCUT2D eigenvalue weighted by molar-refractivity contribution is -0.438. The number of nitrogens with zero attached hydrogens (tertiary/aromatic N) is 4. The van der Waals surface area contributed by atoms with Crippen LogP contribution in [0.1, 0.15) is 170 Å². The number of hydrogen-bond donors (Lipinski definition) is 14. The second-order valence-electron chi connectivity index (χ2n) is 32.8. The molecule has 0 radical (unpaired) electrons. The number of benzene rings is 6. The number of carbonyl (C=O) groups excluding carboxylic acids is 5. The zero-order valence-electron chi connectivity index (χ0n) is 72.4. The molecule has 0 spiro atoms. The van der Waals surface area contributed by atoms with Gasteiger partial charge in [0.15, 0.2) is 5.71 Å². The Morgan fingerprint density at radius 3 is 1.53 bits per heavy atom. The van der Waals surface area contributed by atoms with Crippen LogP contribution in [0.3, 0.4) is 0 Å². The molecular formula is C93H123N10O22S+. The molecule has 2 aliphatic rings. The summed E-state index contributed by atoms with van der Waals surface area (Å²) in [5, 5.41) is 89.5. The first kappa shape index (κ1) is 99.8. The molecule has 0 saturated heterocycles. The molecule has 32 nitrogen and oxygen atoms in total. The van der Waals surface area contributed by atoms with Gasteiger partial charge < -0.3 is 82.0 Å². The Morgan fingerprint density at radius 2 is 1.00 bits per heavy atom. The second kappa shape index (κ2) is 49.9. The van der Waals surface area contributed by atoms with E-state index in [1.54, 1.807) is 24.3 Å². The van der Waals surface area contributed by atoms with E-state index in [4.69, 9.17) is 14.6 Å². The number of nitrogens with one attached hydrogen (secondary N) is 6. The zero-order valence-corrected chi connectivity index (χ0v) is 73.2. The van der Waals surface area contributed by atoms with Crippen molar-refractivity contribution in [3.05, 3.63) is 179 Å². The van der Waals surface area contributed by atoms with Gasteiger partial charge in [0.2, 0.25) is 29.3 Å². The maximum absolute atomic E-state index is 13.0. The Morgan fingerprint density at radius 1 is 0.500 bits per heavy atom. The number of phenolic OH excluding ortho intramolecular Hbond substituents is 2. The molecule has 0 bridgehead atoms. The second-order valence-corrected chi connectivity index (χ2v) is 34.4.